The third kappa shape index (κ3) is 6.88. The van der Waals surface area contributed by atoms with Crippen molar-refractivity contribution >= 4 is 33.4 Å². The van der Waals surface area contributed by atoms with E-state index in [1.54, 1.807) is 0 Å². The summed E-state index contributed by atoms with van der Waals surface area (Å²) >= 11 is 0. The van der Waals surface area contributed by atoms with Crippen LogP contribution >= 0.6 is 0 Å². The molecular weight excluding hydrogens is 496 g/mol. The van der Waals surface area contributed by atoms with Crippen LogP contribution < -0.4 is 0 Å². The molecular formula is C28H44O8S. The molecule has 0 spiro atoms. The Labute approximate surface area is 221 Å². The lowest BCUT2D eigenvalue weighted by molar-refractivity contribution is -0.144. The lowest BCUT2D eigenvalue weighted by atomic mass is 9.55. The van der Waals surface area contributed by atoms with E-state index in [1.807, 2.05) is 6.92 Å². The second kappa shape index (κ2) is 11.6. The van der Waals surface area contributed by atoms with Gasteiger partial charge in [0.15, 0.2) is 0 Å². The number of hydrogen-bond donors (Lipinski definition) is 1. The topological polar surface area (TPSA) is 132 Å². The summed E-state index contributed by atoms with van der Waals surface area (Å²) in [6, 6.07) is 0. The maximum absolute atomic E-state index is 14.0. The Morgan fingerprint density at radius 1 is 1.05 bits per heavy atom. The summed E-state index contributed by atoms with van der Waals surface area (Å²) in [6.07, 6.45) is 5.30. The third-order valence-corrected chi connectivity index (χ3v) is 11.1. The van der Waals surface area contributed by atoms with Crippen LogP contribution in [0.15, 0.2) is 0 Å². The average molecular weight is 541 g/mol. The molecule has 0 heterocycles. The van der Waals surface area contributed by atoms with Gasteiger partial charge in [0.25, 0.3) is 10.1 Å². The van der Waals surface area contributed by atoms with Crippen LogP contribution in [0.2, 0.25) is 0 Å². The molecule has 3 rings (SSSR count). The minimum absolute atomic E-state index is 0.00743. The van der Waals surface area contributed by atoms with E-state index in [2.05, 4.69) is 20.8 Å². The fraction of sp³-hybridized carbons (Fsp3) is 0.857. The number of fused-ring (bicyclic) bond motifs is 2. The molecule has 0 saturated heterocycles. The molecule has 0 radical (unpaired) electrons. The number of Topliss-reactive ketones (excluding diaryl/α,β-unsaturated/α-hetero) is 3. The molecule has 1 unspecified atom stereocenters. The highest BCUT2D eigenvalue weighted by atomic mass is 32.2. The SMILES string of the molecule is C[C@H](CCC(=O)OCCCS(=O)(=O)O)[C@H]1CC[C@H]2CC(=O)CC3CC(=O)CC[C@]3(C)[C@H](C)CC(=O)[C@@]21C. The largest absolute Gasteiger partial charge is 0.466 e. The van der Waals surface area contributed by atoms with Crippen molar-refractivity contribution in [2.24, 2.45) is 40.4 Å². The lowest BCUT2D eigenvalue weighted by Gasteiger charge is -2.48. The summed E-state index contributed by atoms with van der Waals surface area (Å²) in [6.45, 7) is 8.29. The van der Waals surface area contributed by atoms with Crippen molar-refractivity contribution in [1.82, 2.24) is 0 Å². The highest BCUT2D eigenvalue weighted by Gasteiger charge is 2.55. The standard InChI is InChI=1S/C28H44O8S/c1-18(6-9-26(32)36-12-5-13-37(33,34)35)24-8-7-20-15-23(30)17-21-16-22(29)10-11-27(21,3)19(2)14-25(31)28(20,24)4/h18-21,24H,5-17H2,1-4H3,(H,33,34,35)/t18-,19-,20+,21?,24-,27-,28+/m1/s1. The second-order valence-corrected chi connectivity index (χ2v) is 14.0. The monoisotopic (exact) mass is 540 g/mol. The number of rotatable bonds is 8. The van der Waals surface area contributed by atoms with Crippen molar-refractivity contribution in [3.63, 3.8) is 0 Å². The molecule has 0 amide bonds. The Kier molecular flexibility index (Phi) is 9.42. The summed E-state index contributed by atoms with van der Waals surface area (Å²) < 4.78 is 35.5. The molecule has 210 valence electrons. The number of esters is 1. The Bertz CT molecular complexity index is 1000. The van der Waals surface area contributed by atoms with Gasteiger partial charge in [-0.3, -0.25) is 23.7 Å². The van der Waals surface area contributed by atoms with Gasteiger partial charge in [0, 0.05) is 43.9 Å². The maximum Gasteiger partial charge on any atom is 0.305 e. The summed E-state index contributed by atoms with van der Waals surface area (Å²) in [4.78, 5) is 51.7. The molecule has 9 heteroatoms. The predicted molar refractivity (Wildman–Crippen MR) is 138 cm³/mol. The Morgan fingerprint density at radius 3 is 2.38 bits per heavy atom. The predicted octanol–water partition coefficient (Wildman–Crippen LogP) is 4.59. The molecule has 3 aliphatic rings. The van der Waals surface area contributed by atoms with Crippen molar-refractivity contribution in [2.75, 3.05) is 12.4 Å². The van der Waals surface area contributed by atoms with E-state index in [4.69, 9.17) is 9.29 Å². The number of carbonyl (C=O) groups is 4. The van der Waals surface area contributed by atoms with Crippen molar-refractivity contribution < 1.29 is 36.9 Å². The summed E-state index contributed by atoms with van der Waals surface area (Å²) in [7, 11) is -4.08. The van der Waals surface area contributed by atoms with Gasteiger partial charge in [0.2, 0.25) is 0 Å². The van der Waals surface area contributed by atoms with E-state index in [0.717, 1.165) is 19.3 Å². The smallest absolute Gasteiger partial charge is 0.305 e. The number of ketones is 3. The summed E-state index contributed by atoms with van der Waals surface area (Å²) in [5.74, 6) is -0.0808. The maximum atomic E-state index is 14.0. The van der Waals surface area contributed by atoms with Crippen molar-refractivity contribution in [1.29, 1.82) is 0 Å². The molecule has 1 N–H and O–H groups in total. The number of ether oxygens (including phenoxy) is 1. The van der Waals surface area contributed by atoms with Crippen LogP contribution in [0.4, 0.5) is 0 Å². The molecule has 0 aromatic carbocycles. The van der Waals surface area contributed by atoms with Crippen LogP contribution in [-0.2, 0) is 34.0 Å². The van der Waals surface area contributed by atoms with Crippen LogP contribution in [0.5, 0.6) is 0 Å². The molecule has 7 atom stereocenters. The summed E-state index contributed by atoms with van der Waals surface area (Å²) in [5.41, 5.74) is -0.836. The van der Waals surface area contributed by atoms with E-state index in [1.165, 1.54) is 0 Å². The van der Waals surface area contributed by atoms with E-state index in [0.29, 0.717) is 38.5 Å². The van der Waals surface area contributed by atoms with E-state index in [-0.39, 0.29) is 71.8 Å². The molecule has 0 aromatic rings. The first-order valence-corrected chi connectivity index (χ1v) is 15.4. The highest BCUT2D eigenvalue weighted by Crippen LogP contribution is 2.57. The zero-order valence-electron chi connectivity index (χ0n) is 22.8. The second-order valence-electron chi connectivity index (χ2n) is 12.5. The molecule has 0 aromatic heterocycles. The van der Waals surface area contributed by atoms with Crippen molar-refractivity contribution in [2.45, 2.75) is 98.3 Å². The van der Waals surface area contributed by atoms with Gasteiger partial charge >= 0.3 is 5.97 Å². The molecule has 3 aliphatic carbocycles. The molecule has 37 heavy (non-hydrogen) atoms. The molecule has 3 saturated carbocycles. The van der Waals surface area contributed by atoms with Gasteiger partial charge < -0.3 is 4.74 Å². The van der Waals surface area contributed by atoms with E-state index >= 15 is 0 Å². The van der Waals surface area contributed by atoms with Gasteiger partial charge in [-0.05, 0) is 67.1 Å². The number of carbonyl (C=O) groups excluding carboxylic acids is 4. The van der Waals surface area contributed by atoms with Crippen LogP contribution in [0, 0.1) is 40.4 Å². The van der Waals surface area contributed by atoms with Gasteiger partial charge in [-0.2, -0.15) is 8.42 Å². The fourth-order valence-corrected chi connectivity index (χ4v) is 7.98. The third-order valence-electron chi connectivity index (χ3n) is 10.3. The quantitative estimate of drug-likeness (QED) is 0.269. The lowest BCUT2D eigenvalue weighted by Crippen LogP contribution is -2.47. The Balaban J connectivity index is 1.68. The summed E-state index contributed by atoms with van der Waals surface area (Å²) in [5, 5.41) is 0. The van der Waals surface area contributed by atoms with Crippen LogP contribution in [-0.4, -0.2) is 48.6 Å². The molecule has 3 fully saturated rings. The van der Waals surface area contributed by atoms with Gasteiger partial charge in [0.1, 0.15) is 17.3 Å². The molecule has 0 aliphatic heterocycles. The van der Waals surface area contributed by atoms with Crippen LogP contribution in [0.3, 0.4) is 0 Å². The van der Waals surface area contributed by atoms with Crippen LogP contribution in [0.25, 0.3) is 0 Å². The van der Waals surface area contributed by atoms with E-state index < -0.39 is 27.3 Å². The Hall–Kier alpha value is -1.61. The first-order valence-electron chi connectivity index (χ1n) is 13.8. The first-order chi connectivity index (χ1) is 17.2. The minimum atomic E-state index is -4.08. The first kappa shape index (κ1) is 29.9. The highest BCUT2D eigenvalue weighted by molar-refractivity contribution is 7.85. The zero-order chi connectivity index (χ0) is 27.6. The fourth-order valence-electron chi connectivity index (χ4n) is 7.49. The van der Waals surface area contributed by atoms with Gasteiger partial charge in [-0.25, -0.2) is 0 Å². The average Bonchev–Trinajstić information content (AvgIpc) is 3.13. The Morgan fingerprint density at radius 2 is 1.70 bits per heavy atom. The molecule has 0 bridgehead atoms. The molecule has 8 nitrogen and oxygen atoms in total. The van der Waals surface area contributed by atoms with Gasteiger partial charge in [-0.1, -0.05) is 27.7 Å². The zero-order valence-corrected chi connectivity index (χ0v) is 23.6. The minimum Gasteiger partial charge on any atom is -0.466 e. The van der Waals surface area contributed by atoms with Gasteiger partial charge in [-0.15, -0.1) is 0 Å². The van der Waals surface area contributed by atoms with Crippen LogP contribution in [0.1, 0.15) is 98.3 Å². The van der Waals surface area contributed by atoms with Crippen molar-refractivity contribution in [3.05, 3.63) is 0 Å². The van der Waals surface area contributed by atoms with Crippen molar-refractivity contribution in [3.8, 4) is 0 Å². The van der Waals surface area contributed by atoms with E-state index in [9.17, 15) is 27.6 Å². The van der Waals surface area contributed by atoms with Gasteiger partial charge in [0.05, 0.1) is 12.4 Å². The number of hydrogen-bond acceptors (Lipinski definition) is 7. The normalized spacial score (nSPS) is 36.0.